The SMILES string of the molecule is CC[C@H]1CCCCN1C(=O)[C@@H](C)OC(=O)c1ccc2nc(N)sc2c1. The third-order valence-corrected chi connectivity index (χ3v) is 5.50. The largest absolute Gasteiger partial charge is 0.449 e. The standard InChI is InChI=1S/C18H23N3O3S/c1-3-13-6-4-5-9-21(13)16(22)11(2)24-17(23)12-7-8-14-15(10-12)25-18(19)20-14/h7-8,10-11,13H,3-6,9H2,1-2H3,(H2,19,20)/t11-,13+/m1/s1. The quantitative estimate of drug-likeness (QED) is 0.845. The van der Waals surface area contributed by atoms with Gasteiger partial charge < -0.3 is 15.4 Å². The smallest absolute Gasteiger partial charge is 0.338 e. The number of likely N-dealkylation sites (tertiary alicyclic amines) is 1. The highest BCUT2D eigenvalue weighted by molar-refractivity contribution is 7.22. The van der Waals surface area contributed by atoms with Gasteiger partial charge in [-0.25, -0.2) is 9.78 Å². The average molecular weight is 361 g/mol. The van der Waals surface area contributed by atoms with E-state index in [9.17, 15) is 9.59 Å². The minimum Gasteiger partial charge on any atom is -0.449 e. The molecule has 2 atom stereocenters. The Labute approximate surface area is 151 Å². The van der Waals surface area contributed by atoms with Gasteiger partial charge in [0.15, 0.2) is 11.2 Å². The van der Waals surface area contributed by atoms with E-state index in [1.807, 2.05) is 4.90 Å². The summed E-state index contributed by atoms with van der Waals surface area (Å²) in [4.78, 5) is 31.1. The molecule has 1 amide bonds. The molecular weight excluding hydrogens is 338 g/mol. The number of esters is 1. The molecule has 3 rings (SSSR count). The molecular formula is C18H23N3O3S. The monoisotopic (exact) mass is 361 g/mol. The van der Waals surface area contributed by atoms with Crippen molar-refractivity contribution in [2.24, 2.45) is 0 Å². The number of hydrogen-bond acceptors (Lipinski definition) is 6. The Balaban J connectivity index is 1.69. The molecule has 1 fully saturated rings. The number of benzene rings is 1. The number of piperidine rings is 1. The zero-order chi connectivity index (χ0) is 18.0. The summed E-state index contributed by atoms with van der Waals surface area (Å²) in [6.07, 6.45) is 3.31. The van der Waals surface area contributed by atoms with Crippen LogP contribution in [0.15, 0.2) is 18.2 Å². The van der Waals surface area contributed by atoms with Gasteiger partial charge in [0, 0.05) is 12.6 Å². The summed E-state index contributed by atoms with van der Waals surface area (Å²) in [5, 5.41) is 0.458. The lowest BCUT2D eigenvalue weighted by molar-refractivity contribution is -0.143. The number of carbonyl (C=O) groups excluding carboxylic acids is 2. The summed E-state index contributed by atoms with van der Waals surface area (Å²) in [5.41, 5.74) is 6.84. The minimum absolute atomic E-state index is 0.108. The second-order valence-corrected chi connectivity index (χ2v) is 7.43. The fraction of sp³-hybridized carbons (Fsp3) is 0.500. The van der Waals surface area contributed by atoms with Gasteiger partial charge in [0.05, 0.1) is 15.8 Å². The van der Waals surface area contributed by atoms with Gasteiger partial charge in [-0.2, -0.15) is 0 Å². The van der Waals surface area contributed by atoms with E-state index in [2.05, 4.69) is 11.9 Å². The van der Waals surface area contributed by atoms with E-state index in [0.717, 1.165) is 42.4 Å². The van der Waals surface area contributed by atoms with Crippen LogP contribution in [-0.4, -0.2) is 40.5 Å². The van der Waals surface area contributed by atoms with Crippen molar-refractivity contribution in [1.82, 2.24) is 9.88 Å². The summed E-state index contributed by atoms with van der Waals surface area (Å²) >= 11 is 1.32. The number of ether oxygens (including phenoxy) is 1. The molecule has 0 spiro atoms. The van der Waals surface area contributed by atoms with E-state index in [0.29, 0.717) is 10.7 Å². The van der Waals surface area contributed by atoms with E-state index in [1.165, 1.54) is 11.3 Å². The number of amides is 1. The summed E-state index contributed by atoms with van der Waals surface area (Å²) in [6, 6.07) is 5.34. The van der Waals surface area contributed by atoms with Gasteiger partial charge in [0.25, 0.3) is 5.91 Å². The molecule has 7 heteroatoms. The van der Waals surface area contributed by atoms with Crippen LogP contribution in [0.2, 0.25) is 0 Å². The Morgan fingerprint density at radius 3 is 3.00 bits per heavy atom. The van der Waals surface area contributed by atoms with Crippen LogP contribution in [0.1, 0.15) is 49.9 Å². The lowest BCUT2D eigenvalue weighted by Gasteiger charge is -2.36. The number of hydrogen-bond donors (Lipinski definition) is 1. The third-order valence-electron chi connectivity index (χ3n) is 4.65. The van der Waals surface area contributed by atoms with Crippen LogP contribution < -0.4 is 5.73 Å². The molecule has 1 aliphatic heterocycles. The van der Waals surface area contributed by atoms with Crippen molar-refractivity contribution in [1.29, 1.82) is 0 Å². The molecule has 134 valence electrons. The zero-order valence-corrected chi connectivity index (χ0v) is 15.3. The van der Waals surface area contributed by atoms with Gasteiger partial charge in [0.2, 0.25) is 0 Å². The number of fused-ring (bicyclic) bond motifs is 1. The summed E-state index contributed by atoms with van der Waals surface area (Å²) < 4.78 is 6.25. The molecule has 25 heavy (non-hydrogen) atoms. The van der Waals surface area contributed by atoms with Crippen molar-refractivity contribution in [2.45, 2.75) is 51.7 Å². The Bertz CT molecular complexity index is 789. The zero-order valence-electron chi connectivity index (χ0n) is 14.5. The Kier molecular flexibility index (Phi) is 5.22. The molecule has 1 aliphatic rings. The minimum atomic E-state index is -0.790. The van der Waals surface area contributed by atoms with E-state index in [-0.39, 0.29) is 11.9 Å². The van der Waals surface area contributed by atoms with Crippen LogP contribution in [0.4, 0.5) is 5.13 Å². The predicted molar refractivity (Wildman–Crippen MR) is 98.6 cm³/mol. The Hall–Kier alpha value is -2.15. The average Bonchev–Trinajstić information content (AvgIpc) is 2.99. The first kappa shape index (κ1) is 17.7. The van der Waals surface area contributed by atoms with Gasteiger partial charge in [-0.15, -0.1) is 0 Å². The first-order valence-corrected chi connectivity index (χ1v) is 9.48. The van der Waals surface area contributed by atoms with Gasteiger partial charge in [0.1, 0.15) is 0 Å². The fourth-order valence-electron chi connectivity index (χ4n) is 3.30. The first-order chi connectivity index (χ1) is 12.0. The van der Waals surface area contributed by atoms with E-state index >= 15 is 0 Å². The van der Waals surface area contributed by atoms with Crippen molar-refractivity contribution in [3.8, 4) is 0 Å². The molecule has 0 aliphatic carbocycles. The normalized spacial score (nSPS) is 19.0. The van der Waals surface area contributed by atoms with E-state index < -0.39 is 12.1 Å². The summed E-state index contributed by atoms with van der Waals surface area (Å²) in [5.74, 6) is -0.609. The number of nitrogens with zero attached hydrogens (tertiary/aromatic N) is 2. The van der Waals surface area contributed by atoms with Gasteiger partial charge >= 0.3 is 5.97 Å². The maximum Gasteiger partial charge on any atom is 0.338 e. The number of anilines is 1. The van der Waals surface area contributed by atoms with Crippen molar-refractivity contribution in [2.75, 3.05) is 12.3 Å². The van der Waals surface area contributed by atoms with E-state index in [4.69, 9.17) is 10.5 Å². The van der Waals surface area contributed by atoms with Crippen molar-refractivity contribution in [3.05, 3.63) is 23.8 Å². The highest BCUT2D eigenvalue weighted by Gasteiger charge is 2.30. The van der Waals surface area contributed by atoms with Crippen LogP contribution >= 0.6 is 11.3 Å². The number of rotatable bonds is 4. The second-order valence-electron chi connectivity index (χ2n) is 6.37. The van der Waals surface area contributed by atoms with Gasteiger partial charge in [-0.05, 0) is 50.8 Å². The highest BCUT2D eigenvalue weighted by Crippen LogP contribution is 2.25. The maximum atomic E-state index is 12.7. The predicted octanol–water partition coefficient (Wildman–Crippen LogP) is 3.21. The third kappa shape index (κ3) is 3.76. The van der Waals surface area contributed by atoms with Crippen molar-refractivity contribution >= 4 is 38.6 Å². The van der Waals surface area contributed by atoms with Crippen LogP contribution in [0.3, 0.4) is 0 Å². The van der Waals surface area contributed by atoms with Crippen LogP contribution in [0.5, 0.6) is 0 Å². The second kappa shape index (κ2) is 7.39. The first-order valence-electron chi connectivity index (χ1n) is 8.67. The molecule has 1 aromatic heterocycles. The molecule has 2 aromatic rings. The number of aromatic nitrogens is 1. The number of nitrogens with two attached hydrogens (primary N) is 1. The molecule has 1 saturated heterocycles. The number of carbonyl (C=O) groups is 2. The summed E-state index contributed by atoms with van der Waals surface area (Å²) in [7, 11) is 0. The van der Waals surface area contributed by atoms with Crippen LogP contribution in [-0.2, 0) is 9.53 Å². The topological polar surface area (TPSA) is 85.5 Å². The van der Waals surface area contributed by atoms with Crippen molar-refractivity contribution in [3.63, 3.8) is 0 Å². The Morgan fingerprint density at radius 2 is 2.24 bits per heavy atom. The molecule has 1 aromatic carbocycles. The molecule has 0 unspecified atom stereocenters. The van der Waals surface area contributed by atoms with Gasteiger partial charge in [-0.3, -0.25) is 4.79 Å². The van der Waals surface area contributed by atoms with Crippen LogP contribution in [0, 0.1) is 0 Å². The maximum absolute atomic E-state index is 12.7. The number of thiazole rings is 1. The summed E-state index contributed by atoms with van der Waals surface area (Å²) in [6.45, 7) is 4.47. The lowest BCUT2D eigenvalue weighted by Crippen LogP contribution is -2.48. The molecule has 0 saturated carbocycles. The molecule has 2 N–H and O–H groups in total. The fourth-order valence-corrected chi connectivity index (χ4v) is 4.07. The van der Waals surface area contributed by atoms with Crippen LogP contribution in [0.25, 0.3) is 10.2 Å². The lowest BCUT2D eigenvalue weighted by atomic mass is 9.99. The van der Waals surface area contributed by atoms with Crippen molar-refractivity contribution < 1.29 is 14.3 Å². The highest BCUT2D eigenvalue weighted by atomic mass is 32.1. The molecule has 0 radical (unpaired) electrons. The molecule has 2 heterocycles. The van der Waals surface area contributed by atoms with E-state index in [1.54, 1.807) is 25.1 Å². The number of nitrogen functional groups attached to an aromatic ring is 1. The Morgan fingerprint density at radius 1 is 1.44 bits per heavy atom. The molecule has 0 bridgehead atoms. The van der Waals surface area contributed by atoms with Gasteiger partial charge in [-0.1, -0.05) is 18.3 Å². The molecule has 6 nitrogen and oxygen atoms in total.